The number of hydrogen-bond donors (Lipinski definition) is 1. The third-order valence-corrected chi connectivity index (χ3v) is 4.13. The predicted octanol–water partition coefficient (Wildman–Crippen LogP) is 3.24. The van der Waals surface area contributed by atoms with Gasteiger partial charge in [0.15, 0.2) is 5.11 Å². The van der Waals surface area contributed by atoms with Gasteiger partial charge in [0.25, 0.3) is 0 Å². The Morgan fingerprint density at radius 2 is 2.00 bits per heavy atom. The van der Waals surface area contributed by atoms with Gasteiger partial charge in [-0.3, -0.25) is 0 Å². The highest BCUT2D eigenvalue weighted by molar-refractivity contribution is 7.80. The van der Waals surface area contributed by atoms with Crippen LogP contribution in [0.3, 0.4) is 0 Å². The Hall–Kier alpha value is -1.09. The largest absolute Gasteiger partial charge is 0.360 e. The van der Waals surface area contributed by atoms with Crippen molar-refractivity contribution in [3.8, 4) is 0 Å². The number of benzene rings is 1. The van der Waals surface area contributed by atoms with Crippen molar-refractivity contribution in [1.29, 1.82) is 0 Å². The maximum absolute atomic E-state index is 5.47. The summed E-state index contributed by atoms with van der Waals surface area (Å²) in [5.74, 6) is 0. The van der Waals surface area contributed by atoms with Gasteiger partial charge in [-0.2, -0.15) is 0 Å². The second kappa shape index (κ2) is 6.19. The van der Waals surface area contributed by atoms with Gasteiger partial charge in [0.1, 0.15) is 0 Å². The van der Waals surface area contributed by atoms with E-state index in [-0.39, 0.29) is 0 Å². The molecule has 3 heteroatoms. The van der Waals surface area contributed by atoms with E-state index >= 15 is 0 Å². The van der Waals surface area contributed by atoms with Gasteiger partial charge in [-0.15, -0.1) is 0 Å². The molecule has 1 aliphatic carbocycles. The lowest BCUT2D eigenvalue weighted by molar-refractivity contribution is 0.470. The quantitative estimate of drug-likeness (QED) is 0.842. The fraction of sp³-hybridized carbons (Fsp3) is 0.533. The Bertz CT molecular complexity index is 411. The van der Waals surface area contributed by atoms with Crippen LogP contribution in [0.1, 0.15) is 36.8 Å². The van der Waals surface area contributed by atoms with Crippen LogP contribution in [0.2, 0.25) is 0 Å². The molecule has 2 nitrogen and oxygen atoms in total. The average Bonchev–Trinajstić information content (AvgIpc) is 2.84. The zero-order chi connectivity index (χ0) is 13.0. The lowest BCUT2D eigenvalue weighted by Gasteiger charge is -2.24. The van der Waals surface area contributed by atoms with Crippen molar-refractivity contribution >= 4 is 17.3 Å². The summed E-state index contributed by atoms with van der Waals surface area (Å²) in [5, 5.41) is 4.36. The molecule has 1 fully saturated rings. The van der Waals surface area contributed by atoms with E-state index in [9.17, 15) is 0 Å². The first-order chi connectivity index (χ1) is 8.66. The maximum atomic E-state index is 5.47. The molecule has 0 bridgehead atoms. The molecule has 1 aliphatic rings. The molecular weight excluding hydrogens is 240 g/mol. The molecule has 18 heavy (non-hydrogen) atoms. The number of thiocarbonyl (C=S) groups is 1. The molecule has 0 atom stereocenters. The highest BCUT2D eigenvalue weighted by Crippen LogP contribution is 2.18. The summed E-state index contributed by atoms with van der Waals surface area (Å²) in [5.41, 5.74) is 2.67. The molecule has 0 radical (unpaired) electrons. The Morgan fingerprint density at radius 3 is 2.67 bits per heavy atom. The SMILES string of the molecule is Cc1ccccc1CN(C)C(=S)NC1CCCC1. The van der Waals surface area contributed by atoms with Crippen molar-refractivity contribution in [3.05, 3.63) is 35.4 Å². The highest BCUT2D eigenvalue weighted by atomic mass is 32.1. The maximum Gasteiger partial charge on any atom is 0.169 e. The number of aryl methyl sites for hydroxylation is 1. The number of hydrogen-bond acceptors (Lipinski definition) is 1. The topological polar surface area (TPSA) is 15.3 Å². The van der Waals surface area contributed by atoms with E-state index in [2.05, 4.69) is 48.5 Å². The Kier molecular flexibility index (Phi) is 4.59. The molecule has 0 aliphatic heterocycles. The Labute approximate surface area is 115 Å². The van der Waals surface area contributed by atoms with Crippen LogP contribution < -0.4 is 5.32 Å². The zero-order valence-corrected chi connectivity index (χ0v) is 12.1. The van der Waals surface area contributed by atoms with Crippen molar-refractivity contribution < 1.29 is 0 Å². The minimum absolute atomic E-state index is 0.594. The van der Waals surface area contributed by atoms with Crippen LogP contribution in [0.25, 0.3) is 0 Å². The van der Waals surface area contributed by atoms with Crippen LogP contribution in [0.5, 0.6) is 0 Å². The first-order valence-electron chi connectivity index (χ1n) is 6.73. The second-order valence-corrected chi connectivity index (χ2v) is 5.60. The normalized spacial score (nSPS) is 15.7. The fourth-order valence-corrected chi connectivity index (χ4v) is 2.70. The molecule has 2 rings (SSSR count). The summed E-state index contributed by atoms with van der Waals surface area (Å²) in [7, 11) is 2.07. The molecule has 0 spiro atoms. The van der Waals surface area contributed by atoms with Crippen LogP contribution in [-0.4, -0.2) is 23.1 Å². The molecule has 98 valence electrons. The van der Waals surface area contributed by atoms with E-state index in [0.29, 0.717) is 6.04 Å². The predicted molar refractivity (Wildman–Crippen MR) is 80.6 cm³/mol. The van der Waals surface area contributed by atoms with Gasteiger partial charge >= 0.3 is 0 Å². The molecule has 1 N–H and O–H groups in total. The zero-order valence-electron chi connectivity index (χ0n) is 11.3. The smallest absolute Gasteiger partial charge is 0.169 e. The van der Waals surface area contributed by atoms with Gasteiger partial charge in [-0.1, -0.05) is 37.1 Å². The van der Waals surface area contributed by atoms with E-state index in [1.165, 1.54) is 36.8 Å². The van der Waals surface area contributed by atoms with Gasteiger partial charge in [-0.25, -0.2) is 0 Å². The van der Waals surface area contributed by atoms with E-state index < -0.39 is 0 Å². The molecular formula is C15H22N2S. The van der Waals surface area contributed by atoms with Crippen LogP contribution >= 0.6 is 12.2 Å². The van der Waals surface area contributed by atoms with Gasteiger partial charge < -0.3 is 10.2 Å². The minimum atomic E-state index is 0.594. The molecule has 0 saturated heterocycles. The lowest BCUT2D eigenvalue weighted by Crippen LogP contribution is -2.41. The third-order valence-electron chi connectivity index (χ3n) is 3.70. The Morgan fingerprint density at radius 1 is 1.33 bits per heavy atom. The highest BCUT2D eigenvalue weighted by Gasteiger charge is 2.17. The molecule has 0 heterocycles. The molecule has 1 aromatic rings. The van der Waals surface area contributed by atoms with E-state index in [0.717, 1.165) is 11.7 Å². The first-order valence-corrected chi connectivity index (χ1v) is 7.14. The first kappa shape index (κ1) is 13.3. The summed E-state index contributed by atoms with van der Waals surface area (Å²) in [6.45, 7) is 3.03. The van der Waals surface area contributed by atoms with Crippen molar-refractivity contribution in [2.24, 2.45) is 0 Å². The fourth-order valence-electron chi connectivity index (χ4n) is 2.47. The number of nitrogens with one attached hydrogen (secondary N) is 1. The molecule has 1 saturated carbocycles. The van der Waals surface area contributed by atoms with Crippen molar-refractivity contribution in [2.45, 2.75) is 45.2 Å². The average molecular weight is 262 g/mol. The third kappa shape index (κ3) is 3.45. The van der Waals surface area contributed by atoms with Crippen LogP contribution in [0.4, 0.5) is 0 Å². The van der Waals surface area contributed by atoms with Crippen molar-refractivity contribution in [3.63, 3.8) is 0 Å². The number of nitrogens with zero attached hydrogens (tertiary/aromatic N) is 1. The molecule has 0 aromatic heterocycles. The summed E-state index contributed by atoms with van der Waals surface area (Å²) in [4.78, 5) is 2.13. The van der Waals surface area contributed by atoms with Gasteiger partial charge in [0.05, 0.1) is 0 Å². The van der Waals surface area contributed by atoms with Crippen molar-refractivity contribution in [1.82, 2.24) is 10.2 Å². The minimum Gasteiger partial charge on any atom is -0.360 e. The lowest BCUT2D eigenvalue weighted by atomic mass is 10.1. The van der Waals surface area contributed by atoms with Crippen LogP contribution in [-0.2, 0) is 6.54 Å². The summed E-state index contributed by atoms with van der Waals surface area (Å²) < 4.78 is 0. The van der Waals surface area contributed by atoms with Gasteiger partial charge in [0.2, 0.25) is 0 Å². The summed E-state index contributed by atoms with van der Waals surface area (Å²) in [6.07, 6.45) is 5.19. The monoisotopic (exact) mass is 262 g/mol. The molecule has 1 aromatic carbocycles. The second-order valence-electron chi connectivity index (χ2n) is 5.21. The van der Waals surface area contributed by atoms with Crippen LogP contribution in [0, 0.1) is 6.92 Å². The summed E-state index contributed by atoms with van der Waals surface area (Å²) in [6, 6.07) is 9.08. The van der Waals surface area contributed by atoms with Crippen molar-refractivity contribution in [2.75, 3.05) is 7.05 Å². The van der Waals surface area contributed by atoms with Crippen LogP contribution in [0.15, 0.2) is 24.3 Å². The number of rotatable bonds is 3. The molecule has 0 unspecified atom stereocenters. The van der Waals surface area contributed by atoms with E-state index in [1.54, 1.807) is 0 Å². The summed E-state index contributed by atoms with van der Waals surface area (Å²) >= 11 is 5.47. The van der Waals surface area contributed by atoms with E-state index in [4.69, 9.17) is 12.2 Å². The standard InChI is InChI=1S/C15H22N2S/c1-12-7-3-4-8-13(12)11-17(2)15(18)16-14-9-5-6-10-14/h3-4,7-8,14H,5-6,9-11H2,1-2H3,(H,16,18). The van der Waals surface area contributed by atoms with Gasteiger partial charge in [-0.05, 0) is 43.1 Å². The Balaban J connectivity index is 1.89. The molecule has 0 amide bonds. The van der Waals surface area contributed by atoms with Gasteiger partial charge in [0, 0.05) is 19.6 Å². The van der Waals surface area contributed by atoms with E-state index in [1.807, 2.05) is 0 Å².